The van der Waals surface area contributed by atoms with Crippen LogP contribution in [-0.2, 0) is 9.59 Å². The molecule has 0 spiro atoms. The molecule has 1 unspecified atom stereocenters. The first-order chi connectivity index (χ1) is 6.15. The lowest BCUT2D eigenvalue weighted by Crippen LogP contribution is -2.47. The lowest BCUT2D eigenvalue weighted by molar-refractivity contribution is -0.147. The highest BCUT2D eigenvalue weighted by atomic mass is 127. The molecule has 0 radical (unpaired) electrons. The van der Waals surface area contributed by atoms with E-state index in [2.05, 4.69) is 22.6 Å². The summed E-state index contributed by atoms with van der Waals surface area (Å²) in [4.78, 5) is 23.3. The van der Waals surface area contributed by atoms with Crippen molar-refractivity contribution in [2.75, 3.05) is 11.0 Å². The number of aliphatic carboxylic acids is 1. The number of piperidine rings is 1. The minimum absolute atomic E-state index is 0.0182. The molecule has 1 heterocycles. The largest absolute Gasteiger partial charge is 0.480 e. The molecule has 74 valence electrons. The topological polar surface area (TPSA) is 57.6 Å². The Hall–Kier alpha value is -0.330. The van der Waals surface area contributed by atoms with Crippen LogP contribution in [0.3, 0.4) is 0 Å². The van der Waals surface area contributed by atoms with Gasteiger partial charge in [-0.2, -0.15) is 0 Å². The number of hydrogen-bond donors (Lipinski definition) is 1. The second kappa shape index (κ2) is 4.78. The first kappa shape index (κ1) is 10.7. The van der Waals surface area contributed by atoms with E-state index in [9.17, 15) is 9.59 Å². The van der Waals surface area contributed by atoms with Gasteiger partial charge in [0.2, 0.25) is 5.91 Å². The van der Waals surface area contributed by atoms with E-state index >= 15 is 0 Å². The molecule has 0 saturated carbocycles. The summed E-state index contributed by atoms with van der Waals surface area (Å²) in [6.07, 6.45) is 2.32. The lowest BCUT2D eigenvalue weighted by Gasteiger charge is -2.33. The SMILES string of the molecule is O=C(O)CN1C(=O)CCCC1CI. The Morgan fingerprint density at radius 1 is 1.69 bits per heavy atom. The fraction of sp³-hybridized carbons (Fsp3) is 0.750. The Morgan fingerprint density at radius 2 is 2.38 bits per heavy atom. The average Bonchev–Trinajstić information content (AvgIpc) is 2.08. The summed E-state index contributed by atoms with van der Waals surface area (Å²) >= 11 is 2.19. The molecular weight excluding hydrogens is 285 g/mol. The van der Waals surface area contributed by atoms with E-state index < -0.39 is 5.97 Å². The van der Waals surface area contributed by atoms with Gasteiger partial charge in [0.15, 0.2) is 0 Å². The summed E-state index contributed by atoms with van der Waals surface area (Å²) < 4.78 is 0.816. The minimum Gasteiger partial charge on any atom is -0.480 e. The van der Waals surface area contributed by atoms with Gasteiger partial charge < -0.3 is 10.0 Å². The summed E-state index contributed by atoms with van der Waals surface area (Å²) in [7, 11) is 0. The van der Waals surface area contributed by atoms with E-state index in [1.807, 2.05) is 0 Å². The summed E-state index contributed by atoms with van der Waals surface area (Å²) in [5.74, 6) is -0.944. The molecule has 1 fully saturated rings. The van der Waals surface area contributed by atoms with Gasteiger partial charge in [0.05, 0.1) is 0 Å². The van der Waals surface area contributed by atoms with Crippen molar-refractivity contribution in [1.29, 1.82) is 0 Å². The Kier molecular flexibility index (Phi) is 3.95. The number of carboxylic acids is 1. The van der Waals surface area contributed by atoms with Crippen LogP contribution in [0.5, 0.6) is 0 Å². The second-order valence-electron chi connectivity index (χ2n) is 3.12. The van der Waals surface area contributed by atoms with Crippen molar-refractivity contribution in [3.63, 3.8) is 0 Å². The van der Waals surface area contributed by atoms with Crippen molar-refractivity contribution in [3.05, 3.63) is 0 Å². The van der Waals surface area contributed by atoms with Crippen molar-refractivity contribution in [3.8, 4) is 0 Å². The Morgan fingerprint density at radius 3 is 2.92 bits per heavy atom. The van der Waals surface area contributed by atoms with E-state index in [1.54, 1.807) is 0 Å². The molecule has 5 heteroatoms. The van der Waals surface area contributed by atoms with Gasteiger partial charge in [0, 0.05) is 16.9 Å². The number of halogens is 1. The van der Waals surface area contributed by atoms with Gasteiger partial charge in [-0.25, -0.2) is 0 Å². The number of likely N-dealkylation sites (tertiary alicyclic amines) is 1. The molecule has 0 aromatic heterocycles. The van der Waals surface area contributed by atoms with Crippen molar-refractivity contribution < 1.29 is 14.7 Å². The molecule has 4 nitrogen and oxygen atoms in total. The Balaban J connectivity index is 2.62. The first-order valence-corrected chi connectivity index (χ1v) is 5.75. The molecule has 1 aliphatic rings. The van der Waals surface area contributed by atoms with Gasteiger partial charge >= 0.3 is 5.97 Å². The number of rotatable bonds is 3. The third-order valence-electron chi connectivity index (χ3n) is 2.17. The molecule has 1 aliphatic heterocycles. The molecule has 1 saturated heterocycles. The van der Waals surface area contributed by atoms with Gasteiger partial charge in [0.25, 0.3) is 0 Å². The molecular formula is C8H12INO3. The van der Waals surface area contributed by atoms with Gasteiger partial charge in [-0.3, -0.25) is 9.59 Å². The third kappa shape index (κ3) is 2.82. The fourth-order valence-electron chi connectivity index (χ4n) is 1.52. The summed E-state index contributed by atoms with van der Waals surface area (Å²) in [6.45, 7) is -0.146. The summed E-state index contributed by atoms with van der Waals surface area (Å²) in [5.41, 5.74) is 0. The van der Waals surface area contributed by atoms with Crippen LogP contribution in [0.4, 0.5) is 0 Å². The Labute approximate surface area is 90.4 Å². The molecule has 1 rings (SSSR count). The number of carboxylic acid groups (broad SMARTS) is 1. The van der Waals surface area contributed by atoms with E-state index in [0.717, 1.165) is 17.3 Å². The second-order valence-corrected chi connectivity index (χ2v) is 4.00. The first-order valence-electron chi connectivity index (χ1n) is 4.22. The van der Waals surface area contributed by atoms with E-state index in [-0.39, 0.29) is 18.5 Å². The zero-order valence-corrected chi connectivity index (χ0v) is 9.36. The van der Waals surface area contributed by atoms with Crippen LogP contribution in [-0.4, -0.2) is 38.9 Å². The highest BCUT2D eigenvalue weighted by Gasteiger charge is 2.28. The van der Waals surface area contributed by atoms with E-state index in [1.165, 1.54) is 4.90 Å². The summed E-state index contributed by atoms with van der Waals surface area (Å²) in [6, 6.07) is 0.123. The molecule has 1 amide bonds. The molecule has 0 bridgehead atoms. The highest BCUT2D eigenvalue weighted by Crippen LogP contribution is 2.19. The molecule has 13 heavy (non-hydrogen) atoms. The van der Waals surface area contributed by atoms with Crippen molar-refractivity contribution in [2.24, 2.45) is 0 Å². The van der Waals surface area contributed by atoms with Gasteiger partial charge in [0.1, 0.15) is 6.54 Å². The molecule has 1 atom stereocenters. The standard InChI is InChI=1S/C8H12INO3/c9-4-6-2-1-3-7(11)10(6)5-8(12)13/h6H,1-5H2,(H,12,13). The normalized spacial score (nSPS) is 23.3. The third-order valence-corrected chi connectivity index (χ3v) is 3.19. The van der Waals surface area contributed by atoms with Gasteiger partial charge in [-0.15, -0.1) is 0 Å². The van der Waals surface area contributed by atoms with Crippen molar-refractivity contribution in [2.45, 2.75) is 25.3 Å². The summed E-state index contributed by atoms with van der Waals surface area (Å²) in [5, 5.41) is 8.60. The van der Waals surface area contributed by atoms with E-state index in [0.29, 0.717) is 6.42 Å². The van der Waals surface area contributed by atoms with Gasteiger partial charge in [-0.1, -0.05) is 22.6 Å². The smallest absolute Gasteiger partial charge is 0.323 e. The van der Waals surface area contributed by atoms with Crippen LogP contribution in [0, 0.1) is 0 Å². The van der Waals surface area contributed by atoms with Crippen LogP contribution in [0.1, 0.15) is 19.3 Å². The fourth-order valence-corrected chi connectivity index (χ4v) is 2.43. The highest BCUT2D eigenvalue weighted by molar-refractivity contribution is 14.1. The van der Waals surface area contributed by atoms with Crippen LogP contribution >= 0.6 is 22.6 Å². The van der Waals surface area contributed by atoms with Crippen molar-refractivity contribution >= 4 is 34.5 Å². The average molecular weight is 297 g/mol. The number of carbonyl (C=O) groups excluding carboxylic acids is 1. The molecule has 0 aromatic carbocycles. The predicted octanol–water partition coefficient (Wildman–Crippen LogP) is 0.887. The zero-order chi connectivity index (χ0) is 9.84. The minimum atomic E-state index is -0.926. The Bertz CT molecular complexity index is 219. The molecule has 0 aliphatic carbocycles. The predicted molar refractivity (Wildman–Crippen MR) is 55.9 cm³/mol. The quantitative estimate of drug-likeness (QED) is 0.621. The molecule has 1 N–H and O–H groups in total. The number of carbonyl (C=O) groups is 2. The molecule has 0 aromatic rings. The van der Waals surface area contributed by atoms with Crippen LogP contribution in [0.25, 0.3) is 0 Å². The maximum Gasteiger partial charge on any atom is 0.323 e. The van der Waals surface area contributed by atoms with E-state index in [4.69, 9.17) is 5.11 Å². The number of hydrogen-bond acceptors (Lipinski definition) is 2. The van der Waals surface area contributed by atoms with Crippen molar-refractivity contribution in [1.82, 2.24) is 4.90 Å². The zero-order valence-electron chi connectivity index (χ0n) is 7.20. The lowest BCUT2D eigenvalue weighted by atomic mass is 10.0. The number of alkyl halides is 1. The maximum atomic E-state index is 11.4. The number of amides is 1. The van der Waals surface area contributed by atoms with Crippen LogP contribution in [0.2, 0.25) is 0 Å². The van der Waals surface area contributed by atoms with Crippen LogP contribution in [0.15, 0.2) is 0 Å². The van der Waals surface area contributed by atoms with Crippen LogP contribution < -0.4 is 0 Å². The van der Waals surface area contributed by atoms with Gasteiger partial charge in [-0.05, 0) is 12.8 Å². The number of nitrogens with zero attached hydrogens (tertiary/aromatic N) is 1. The monoisotopic (exact) mass is 297 g/mol. The maximum absolute atomic E-state index is 11.4.